The quantitative estimate of drug-likeness (QED) is 0.669. The molecule has 1 heterocycles. The lowest BCUT2D eigenvalue weighted by Gasteiger charge is -2.06. The Bertz CT molecular complexity index is 322. The summed E-state index contributed by atoms with van der Waals surface area (Å²) in [5.41, 5.74) is 5.48. The number of aromatic nitrogens is 3. The van der Waals surface area contributed by atoms with Crippen LogP contribution in [0.15, 0.2) is 0 Å². The first-order valence-corrected chi connectivity index (χ1v) is 5.02. The average molecular weight is 228 g/mol. The predicted octanol–water partition coefficient (Wildman–Crippen LogP) is 0.268. The van der Waals surface area contributed by atoms with Gasteiger partial charge in [-0.25, -0.2) is 0 Å². The first-order valence-electron chi connectivity index (χ1n) is 5.02. The highest BCUT2D eigenvalue weighted by Crippen LogP contribution is 2.10. The van der Waals surface area contributed by atoms with Crippen molar-refractivity contribution in [3.8, 4) is 12.0 Å². The lowest BCUT2D eigenvalue weighted by molar-refractivity contribution is 0.139. The number of nitrogens with two attached hydrogens (primary N) is 1. The summed E-state index contributed by atoms with van der Waals surface area (Å²) in [6, 6.07) is 0.331. The second kappa shape index (κ2) is 6.78. The van der Waals surface area contributed by atoms with E-state index in [0.29, 0.717) is 19.8 Å². The van der Waals surface area contributed by atoms with Crippen molar-refractivity contribution in [1.82, 2.24) is 15.0 Å². The summed E-state index contributed by atoms with van der Waals surface area (Å²) in [5, 5.41) is 0. The van der Waals surface area contributed by atoms with Gasteiger partial charge in [-0.15, -0.1) is 4.98 Å². The Kier molecular flexibility index (Phi) is 5.27. The summed E-state index contributed by atoms with van der Waals surface area (Å²) in [7, 11) is 1.58. The van der Waals surface area contributed by atoms with Gasteiger partial charge in [0.25, 0.3) is 0 Å². The number of hydrogen-bond donors (Lipinski definition) is 1. The van der Waals surface area contributed by atoms with Crippen molar-refractivity contribution < 1.29 is 14.2 Å². The molecule has 0 spiro atoms. The third-order valence-electron chi connectivity index (χ3n) is 1.57. The van der Waals surface area contributed by atoms with E-state index in [1.165, 1.54) is 0 Å². The molecule has 0 atom stereocenters. The smallest absolute Gasteiger partial charge is 0.324 e. The van der Waals surface area contributed by atoms with E-state index in [-0.39, 0.29) is 18.0 Å². The fraction of sp³-hybridized carbons (Fsp3) is 0.667. The lowest BCUT2D eigenvalue weighted by Crippen LogP contribution is -2.10. The van der Waals surface area contributed by atoms with Crippen molar-refractivity contribution in [2.24, 2.45) is 0 Å². The van der Waals surface area contributed by atoms with Crippen molar-refractivity contribution in [2.45, 2.75) is 13.3 Å². The number of nitrogen functional groups attached to an aromatic ring is 1. The zero-order valence-electron chi connectivity index (χ0n) is 9.47. The Morgan fingerprint density at radius 1 is 1.00 bits per heavy atom. The molecule has 1 aromatic heterocycles. The second-order valence-corrected chi connectivity index (χ2v) is 2.95. The number of nitrogens with zero attached hydrogens (tertiary/aromatic N) is 3. The molecule has 1 rings (SSSR count). The zero-order chi connectivity index (χ0) is 11.8. The molecule has 0 aliphatic rings. The molecule has 0 fully saturated rings. The molecule has 16 heavy (non-hydrogen) atoms. The van der Waals surface area contributed by atoms with Gasteiger partial charge in [0.2, 0.25) is 5.95 Å². The van der Waals surface area contributed by atoms with Gasteiger partial charge in [0, 0.05) is 7.11 Å². The minimum absolute atomic E-state index is 0.0773. The second-order valence-electron chi connectivity index (χ2n) is 2.95. The number of anilines is 1. The molecule has 7 nitrogen and oxygen atoms in total. The van der Waals surface area contributed by atoms with E-state index < -0.39 is 0 Å². The Balaban J connectivity index is 2.58. The van der Waals surface area contributed by atoms with Crippen LogP contribution in [0.4, 0.5) is 5.95 Å². The van der Waals surface area contributed by atoms with E-state index in [1.54, 1.807) is 7.11 Å². The van der Waals surface area contributed by atoms with Crippen LogP contribution in [0.2, 0.25) is 0 Å². The summed E-state index contributed by atoms with van der Waals surface area (Å²) in [4.78, 5) is 11.6. The molecule has 0 radical (unpaired) electrons. The van der Waals surface area contributed by atoms with Gasteiger partial charge in [0.15, 0.2) is 0 Å². The Morgan fingerprint density at radius 2 is 1.62 bits per heavy atom. The van der Waals surface area contributed by atoms with Gasteiger partial charge >= 0.3 is 12.0 Å². The third-order valence-corrected chi connectivity index (χ3v) is 1.57. The van der Waals surface area contributed by atoms with E-state index in [0.717, 1.165) is 6.42 Å². The third kappa shape index (κ3) is 4.26. The van der Waals surface area contributed by atoms with Crippen LogP contribution in [0.3, 0.4) is 0 Å². The number of rotatable bonds is 7. The van der Waals surface area contributed by atoms with Gasteiger partial charge < -0.3 is 19.9 Å². The molecule has 0 aliphatic heterocycles. The topological polar surface area (TPSA) is 92.4 Å². The Labute approximate surface area is 94.0 Å². The summed E-state index contributed by atoms with van der Waals surface area (Å²) < 4.78 is 15.3. The Hall–Kier alpha value is -1.63. The van der Waals surface area contributed by atoms with Gasteiger partial charge in [-0.1, -0.05) is 6.92 Å². The SMILES string of the molecule is CCCOc1nc(N)nc(OCCOC)n1. The van der Waals surface area contributed by atoms with Crippen LogP contribution in [0.1, 0.15) is 13.3 Å². The fourth-order valence-electron chi connectivity index (χ4n) is 0.892. The highest BCUT2D eigenvalue weighted by Gasteiger charge is 2.05. The minimum Gasteiger partial charge on any atom is -0.463 e. The van der Waals surface area contributed by atoms with Crippen molar-refractivity contribution in [3.05, 3.63) is 0 Å². The van der Waals surface area contributed by atoms with E-state index in [9.17, 15) is 0 Å². The van der Waals surface area contributed by atoms with Gasteiger partial charge in [0.05, 0.1) is 13.2 Å². The molecule has 0 bridgehead atoms. The monoisotopic (exact) mass is 228 g/mol. The molecular formula is C9H16N4O3. The molecule has 1 aromatic rings. The summed E-state index contributed by atoms with van der Waals surface area (Å²) >= 11 is 0. The molecule has 0 amide bonds. The van der Waals surface area contributed by atoms with Crippen LogP contribution in [0.25, 0.3) is 0 Å². The Morgan fingerprint density at radius 3 is 2.19 bits per heavy atom. The van der Waals surface area contributed by atoms with Crippen LogP contribution >= 0.6 is 0 Å². The van der Waals surface area contributed by atoms with E-state index in [1.807, 2.05) is 6.92 Å². The standard InChI is InChI=1S/C9H16N4O3/c1-3-4-15-8-11-7(10)12-9(13-8)16-6-5-14-2/h3-6H2,1-2H3,(H2,10,11,12,13). The molecule has 2 N–H and O–H groups in total. The summed E-state index contributed by atoms with van der Waals surface area (Å²) in [6.07, 6.45) is 0.867. The zero-order valence-corrected chi connectivity index (χ0v) is 9.47. The van der Waals surface area contributed by atoms with Gasteiger partial charge in [0.1, 0.15) is 6.61 Å². The first-order chi connectivity index (χ1) is 7.76. The largest absolute Gasteiger partial charge is 0.463 e. The maximum atomic E-state index is 5.48. The van der Waals surface area contributed by atoms with E-state index in [2.05, 4.69) is 15.0 Å². The summed E-state index contributed by atoms with van der Waals surface area (Å²) in [5.74, 6) is 0.0773. The van der Waals surface area contributed by atoms with Crippen molar-refractivity contribution >= 4 is 5.95 Å². The summed E-state index contributed by atoms with van der Waals surface area (Å²) in [6.45, 7) is 3.32. The van der Waals surface area contributed by atoms with Gasteiger partial charge in [-0.3, -0.25) is 0 Å². The van der Waals surface area contributed by atoms with Crippen LogP contribution in [-0.2, 0) is 4.74 Å². The van der Waals surface area contributed by atoms with Gasteiger partial charge in [-0.05, 0) is 6.42 Å². The normalized spacial score (nSPS) is 10.1. The van der Waals surface area contributed by atoms with Gasteiger partial charge in [-0.2, -0.15) is 9.97 Å². The number of hydrogen-bond acceptors (Lipinski definition) is 7. The molecular weight excluding hydrogens is 212 g/mol. The fourth-order valence-corrected chi connectivity index (χ4v) is 0.892. The maximum absolute atomic E-state index is 5.48. The lowest BCUT2D eigenvalue weighted by atomic mass is 10.5. The van der Waals surface area contributed by atoms with Crippen molar-refractivity contribution in [1.29, 1.82) is 0 Å². The van der Waals surface area contributed by atoms with Crippen LogP contribution in [-0.4, -0.2) is 41.9 Å². The van der Waals surface area contributed by atoms with Crippen molar-refractivity contribution in [3.63, 3.8) is 0 Å². The molecule has 0 unspecified atom stereocenters. The van der Waals surface area contributed by atoms with Crippen LogP contribution < -0.4 is 15.2 Å². The number of methoxy groups -OCH3 is 1. The molecule has 0 saturated carbocycles. The van der Waals surface area contributed by atoms with Crippen LogP contribution in [0, 0.1) is 0 Å². The van der Waals surface area contributed by atoms with Crippen LogP contribution in [0.5, 0.6) is 12.0 Å². The molecule has 0 saturated heterocycles. The number of ether oxygens (including phenoxy) is 3. The highest BCUT2D eigenvalue weighted by atomic mass is 16.5. The maximum Gasteiger partial charge on any atom is 0.324 e. The molecule has 7 heteroatoms. The predicted molar refractivity (Wildman–Crippen MR) is 57.4 cm³/mol. The molecule has 0 aliphatic carbocycles. The first kappa shape index (κ1) is 12.4. The highest BCUT2D eigenvalue weighted by molar-refractivity contribution is 5.20. The minimum atomic E-state index is 0.0773. The van der Waals surface area contributed by atoms with E-state index >= 15 is 0 Å². The molecule has 90 valence electrons. The average Bonchev–Trinajstić information content (AvgIpc) is 2.26. The van der Waals surface area contributed by atoms with Crippen molar-refractivity contribution in [2.75, 3.05) is 32.7 Å². The molecule has 0 aromatic carbocycles. The van der Waals surface area contributed by atoms with E-state index in [4.69, 9.17) is 19.9 Å².